The number of carbonyl (C=O) groups excluding carboxylic acids is 3. The Balaban J connectivity index is 2.73. The van der Waals surface area contributed by atoms with Gasteiger partial charge < -0.3 is 10.1 Å². The molecule has 2 atom stereocenters. The minimum Gasteiger partial charge on any atom is -0.461 e. The number of hydrogen-bond donors (Lipinski definition) is 2. The van der Waals surface area contributed by atoms with Crippen LogP contribution in [-0.2, 0) is 19.1 Å². The molecule has 2 amide bonds. The molecule has 0 saturated heterocycles. The van der Waals surface area contributed by atoms with Gasteiger partial charge in [0.15, 0.2) is 0 Å². The fourth-order valence-corrected chi connectivity index (χ4v) is 3.11. The van der Waals surface area contributed by atoms with Gasteiger partial charge in [0.25, 0.3) is 0 Å². The summed E-state index contributed by atoms with van der Waals surface area (Å²) in [5.41, 5.74) is 0. The van der Waals surface area contributed by atoms with E-state index >= 15 is 0 Å². The van der Waals surface area contributed by atoms with Crippen molar-refractivity contribution in [1.82, 2.24) is 10.4 Å². The van der Waals surface area contributed by atoms with Crippen LogP contribution in [0.4, 0.5) is 0 Å². The molecule has 0 aromatic carbocycles. The first-order valence-corrected chi connectivity index (χ1v) is 9.74. The third kappa shape index (κ3) is 7.32. The van der Waals surface area contributed by atoms with Gasteiger partial charge in [-0.25, -0.2) is 9.86 Å². The van der Waals surface area contributed by atoms with Crippen LogP contribution < -0.4 is 5.32 Å². The van der Waals surface area contributed by atoms with Crippen LogP contribution in [0.5, 0.6) is 0 Å². The standard InChI is InChI=1S/C19H34N2O5/c1-5-6-9-15(12-21(25)14(4)22)18(23)20-17(13(2)3)19(24)26-16-10-7-8-11-16/h13,15-17,25H,5-12H2,1-4H3,(H,20,23)/t15?,17-/m0/s1. The van der Waals surface area contributed by atoms with Crippen molar-refractivity contribution >= 4 is 17.8 Å². The van der Waals surface area contributed by atoms with Crippen molar-refractivity contribution in [3.63, 3.8) is 0 Å². The van der Waals surface area contributed by atoms with Crippen molar-refractivity contribution in [3.8, 4) is 0 Å². The molecule has 0 radical (unpaired) electrons. The van der Waals surface area contributed by atoms with Gasteiger partial charge >= 0.3 is 5.97 Å². The summed E-state index contributed by atoms with van der Waals surface area (Å²) < 4.78 is 5.55. The van der Waals surface area contributed by atoms with E-state index in [2.05, 4.69) is 5.32 Å². The summed E-state index contributed by atoms with van der Waals surface area (Å²) in [4.78, 5) is 36.5. The fraction of sp³-hybridized carbons (Fsp3) is 0.842. The van der Waals surface area contributed by atoms with Crippen molar-refractivity contribution < 1.29 is 24.3 Å². The smallest absolute Gasteiger partial charge is 0.329 e. The molecule has 0 bridgehead atoms. The average Bonchev–Trinajstić information content (AvgIpc) is 3.08. The van der Waals surface area contributed by atoms with Gasteiger partial charge in [0.1, 0.15) is 12.1 Å². The Hall–Kier alpha value is -1.63. The first kappa shape index (κ1) is 22.4. The Morgan fingerprint density at radius 1 is 1.23 bits per heavy atom. The van der Waals surface area contributed by atoms with Crippen LogP contribution in [0.15, 0.2) is 0 Å². The van der Waals surface area contributed by atoms with Crippen molar-refractivity contribution in [3.05, 3.63) is 0 Å². The predicted molar refractivity (Wildman–Crippen MR) is 97.3 cm³/mol. The summed E-state index contributed by atoms with van der Waals surface area (Å²) in [5.74, 6) is -1.93. The highest BCUT2D eigenvalue weighted by Gasteiger charge is 2.32. The maximum Gasteiger partial charge on any atom is 0.329 e. The van der Waals surface area contributed by atoms with Crippen LogP contribution in [0.1, 0.15) is 72.6 Å². The largest absolute Gasteiger partial charge is 0.461 e. The summed E-state index contributed by atoms with van der Waals surface area (Å²) in [6, 6.07) is -0.725. The molecule has 150 valence electrons. The zero-order chi connectivity index (χ0) is 19.7. The molecule has 1 aliphatic carbocycles. The third-order valence-corrected chi connectivity index (χ3v) is 4.84. The minimum absolute atomic E-state index is 0.0535. The number of hydrogen-bond acceptors (Lipinski definition) is 5. The number of carbonyl (C=O) groups is 3. The van der Waals surface area contributed by atoms with Gasteiger partial charge in [-0.05, 0) is 38.0 Å². The Bertz CT molecular complexity index is 475. The normalized spacial score (nSPS) is 17.0. The second-order valence-corrected chi connectivity index (χ2v) is 7.51. The zero-order valence-corrected chi connectivity index (χ0v) is 16.5. The van der Waals surface area contributed by atoms with E-state index in [-0.39, 0.29) is 24.5 Å². The quantitative estimate of drug-likeness (QED) is 0.350. The molecule has 1 aliphatic rings. The molecule has 1 unspecified atom stereocenters. The van der Waals surface area contributed by atoms with E-state index in [9.17, 15) is 19.6 Å². The van der Waals surface area contributed by atoms with Crippen molar-refractivity contribution in [1.29, 1.82) is 0 Å². The minimum atomic E-state index is -0.725. The van der Waals surface area contributed by atoms with Crippen LogP contribution in [0.2, 0.25) is 0 Å². The first-order valence-electron chi connectivity index (χ1n) is 9.74. The van der Waals surface area contributed by atoms with Crippen LogP contribution in [0.25, 0.3) is 0 Å². The van der Waals surface area contributed by atoms with Crippen LogP contribution >= 0.6 is 0 Å². The van der Waals surface area contributed by atoms with Crippen LogP contribution in [0, 0.1) is 11.8 Å². The topological polar surface area (TPSA) is 95.9 Å². The van der Waals surface area contributed by atoms with Crippen LogP contribution in [-0.4, -0.2) is 46.7 Å². The number of ether oxygens (including phenoxy) is 1. The first-order chi connectivity index (χ1) is 12.3. The van der Waals surface area contributed by atoms with Gasteiger partial charge in [-0.1, -0.05) is 33.6 Å². The van der Waals surface area contributed by atoms with E-state index < -0.39 is 23.8 Å². The monoisotopic (exact) mass is 370 g/mol. The number of nitrogens with zero attached hydrogens (tertiary/aromatic N) is 1. The molecule has 0 heterocycles. The van der Waals surface area contributed by atoms with E-state index in [1.165, 1.54) is 6.92 Å². The molecule has 1 saturated carbocycles. The Kier molecular flexibility index (Phi) is 9.62. The third-order valence-electron chi connectivity index (χ3n) is 4.84. The van der Waals surface area contributed by atoms with E-state index in [0.717, 1.165) is 38.5 Å². The van der Waals surface area contributed by atoms with Crippen molar-refractivity contribution in [2.75, 3.05) is 6.54 Å². The highest BCUT2D eigenvalue weighted by atomic mass is 16.5. The SMILES string of the molecule is CCCCC(CN(O)C(C)=O)C(=O)N[C@H](C(=O)OC1CCCC1)C(C)C. The van der Waals surface area contributed by atoms with Crippen molar-refractivity contribution in [2.45, 2.75) is 84.8 Å². The lowest BCUT2D eigenvalue weighted by molar-refractivity contribution is -0.167. The fourth-order valence-electron chi connectivity index (χ4n) is 3.11. The summed E-state index contributed by atoms with van der Waals surface area (Å²) in [6.07, 6.45) is 6.05. The molecule has 0 spiro atoms. The maximum atomic E-state index is 12.7. The molecule has 7 heteroatoms. The summed E-state index contributed by atoms with van der Waals surface area (Å²) >= 11 is 0. The van der Waals surface area contributed by atoms with Gasteiger partial charge in [-0.2, -0.15) is 0 Å². The van der Waals surface area contributed by atoms with E-state index in [0.29, 0.717) is 11.5 Å². The maximum absolute atomic E-state index is 12.7. The molecular formula is C19H34N2O5. The van der Waals surface area contributed by atoms with Gasteiger partial charge in [0.05, 0.1) is 12.5 Å². The number of hydroxylamine groups is 2. The van der Waals surface area contributed by atoms with E-state index in [4.69, 9.17) is 4.74 Å². The Labute approximate surface area is 156 Å². The molecule has 0 aliphatic heterocycles. The van der Waals surface area contributed by atoms with Crippen LogP contribution in [0.3, 0.4) is 0 Å². The lowest BCUT2D eigenvalue weighted by atomic mass is 9.98. The Morgan fingerprint density at radius 3 is 2.35 bits per heavy atom. The molecule has 26 heavy (non-hydrogen) atoms. The molecule has 2 N–H and O–H groups in total. The van der Waals surface area contributed by atoms with Gasteiger partial charge in [0, 0.05) is 6.92 Å². The molecular weight excluding hydrogens is 336 g/mol. The molecule has 0 aromatic rings. The zero-order valence-electron chi connectivity index (χ0n) is 16.5. The Morgan fingerprint density at radius 2 is 1.85 bits per heavy atom. The summed E-state index contributed by atoms with van der Waals surface area (Å²) in [7, 11) is 0. The van der Waals surface area contributed by atoms with Crippen molar-refractivity contribution in [2.24, 2.45) is 11.8 Å². The number of rotatable bonds is 10. The second kappa shape index (κ2) is 11.2. The van der Waals surface area contributed by atoms with E-state index in [1.807, 2.05) is 20.8 Å². The van der Waals surface area contributed by atoms with E-state index in [1.54, 1.807) is 0 Å². The highest BCUT2D eigenvalue weighted by molar-refractivity contribution is 5.86. The predicted octanol–water partition coefficient (Wildman–Crippen LogP) is 2.66. The molecule has 0 aromatic heterocycles. The van der Waals surface area contributed by atoms with Gasteiger partial charge in [-0.15, -0.1) is 0 Å². The summed E-state index contributed by atoms with van der Waals surface area (Å²) in [5, 5.41) is 13.0. The van der Waals surface area contributed by atoms with Gasteiger partial charge in [0.2, 0.25) is 11.8 Å². The average molecular weight is 370 g/mol. The number of unbranched alkanes of at least 4 members (excludes halogenated alkanes) is 1. The number of amides is 2. The lowest BCUT2D eigenvalue weighted by Gasteiger charge is -2.26. The molecule has 7 nitrogen and oxygen atoms in total. The lowest BCUT2D eigenvalue weighted by Crippen LogP contribution is -2.49. The second-order valence-electron chi connectivity index (χ2n) is 7.51. The summed E-state index contributed by atoms with van der Waals surface area (Å²) in [6.45, 7) is 6.88. The number of nitrogens with one attached hydrogen (secondary N) is 1. The number of esters is 1. The molecule has 1 fully saturated rings. The van der Waals surface area contributed by atoms with Gasteiger partial charge in [-0.3, -0.25) is 14.8 Å². The molecule has 1 rings (SSSR count). The highest BCUT2D eigenvalue weighted by Crippen LogP contribution is 2.22.